The number of benzene rings is 1. The summed E-state index contributed by atoms with van der Waals surface area (Å²) < 4.78 is 13.0. The maximum absolute atomic E-state index is 13.0. The van der Waals surface area contributed by atoms with Gasteiger partial charge in [-0.2, -0.15) is 0 Å². The molecule has 5 heteroatoms. The van der Waals surface area contributed by atoms with E-state index in [-0.39, 0.29) is 30.2 Å². The monoisotopic (exact) mass is 304 g/mol. The molecule has 2 heterocycles. The average molecular weight is 304 g/mol. The van der Waals surface area contributed by atoms with E-state index in [4.69, 9.17) is 0 Å². The Hall–Kier alpha value is -1.91. The molecule has 0 aliphatic carbocycles. The summed E-state index contributed by atoms with van der Waals surface area (Å²) in [6.45, 7) is 1.57. The topological polar surface area (TPSA) is 40.6 Å². The molecule has 2 aliphatic heterocycles. The van der Waals surface area contributed by atoms with E-state index in [1.165, 1.54) is 12.1 Å². The Bertz CT molecular complexity index is 558. The van der Waals surface area contributed by atoms with Gasteiger partial charge in [0.15, 0.2) is 0 Å². The van der Waals surface area contributed by atoms with E-state index in [2.05, 4.69) is 0 Å². The Morgan fingerprint density at radius 3 is 2.59 bits per heavy atom. The minimum Gasteiger partial charge on any atom is -0.334 e. The standard InChI is InChI=1S/C17H21FN2O2/c18-14-7-5-13(6-8-14)15-9-11-20(15)17(22)12-19-10-3-1-2-4-16(19)21/h5-8,15H,1-4,9-12H2/t15-/m1/s1. The van der Waals surface area contributed by atoms with Gasteiger partial charge in [-0.05, 0) is 37.0 Å². The van der Waals surface area contributed by atoms with Crippen molar-refractivity contribution < 1.29 is 14.0 Å². The molecule has 2 saturated heterocycles. The molecular weight excluding hydrogens is 283 g/mol. The van der Waals surface area contributed by atoms with Gasteiger partial charge in [0.25, 0.3) is 0 Å². The fourth-order valence-corrected chi connectivity index (χ4v) is 3.18. The summed E-state index contributed by atoms with van der Waals surface area (Å²) in [7, 11) is 0. The highest BCUT2D eigenvalue weighted by Crippen LogP contribution is 2.33. The number of hydrogen-bond acceptors (Lipinski definition) is 2. The van der Waals surface area contributed by atoms with Crippen molar-refractivity contribution in [2.24, 2.45) is 0 Å². The minimum absolute atomic E-state index is 0.00387. The second-order valence-electron chi connectivity index (χ2n) is 6.07. The normalized spacial score (nSPS) is 22.2. The maximum atomic E-state index is 13.0. The van der Waals surface area contributed by atoms with Gasteiger partial charge in [-0.3, -0.25) is 9.59 Å². The highest BCUT2D eigenvalue weighted by atomic mass is 19.1. The summed E-state index contributed by atoms with van der Waals surface area (Å²) in [5.41, 5.74) is 0.961. The SMILES string of the molecule is O=C1CCCCCN1CC(=O)N1CC[C@@H]1c1ccc(F)cc1. The van der Waals surface area contributed by atoms with Gasteiger partial charge in [0.1, 0.15) is 5.82 Å². The molecule has 2 fully saturated rings. The van der Waals surface area contributed by atoms with E-state index in [9.17, 15) is 14.0 Å². The van der Waals surface area contributed by atoms with Crippen LogP contribution in [0, 0.1) is 5.82 Å². The van der Waals surface area contributed by atoms with Crippen LogP contribution in [-0.2, 0) is 9.59 Å². The van der Waals surface area contributed by atoms with Crippen LogP contribution in [0.1, 0.15) is 43.7 Å². The molecule has 0 bridgehead atoms. The highest BCUT2D eigenvalue weighted by molar-refractivity contribution is 5.85. The fourth-order valence-electron chi connectivity index (χ4n) is 3.18. The van der Waals surface area contributed by atoms with Crippen LogP contribution < -0.4 is 0 Å². The third-order valence-electron chi connectivity index (χ3n) is 4.59. The lowest BCUT2D eigenvalue weighted by Crippen LogP contribution is -2.50. The fraction of sp³-hybridized carbons (Fsp3) is 0.529. The lowest BCUT2D eigenvalue weighted by molar-refractivity contribution is -0.145. The Balaban J connectivity index is 1.62. The molecular formula is C17H21FN2O2. The van der Waals surface area contributed by atoms with Crippen LogP contribution in [0.5, 0.6) is 0 Å². The van der Waals surface area contributed by atoms with Crippen molar-refractivity contribution in [1.82, 2.24) is 9.80 Å². The molecule has 0 unspecified atom stereocenters. The second-order valence-corrected chi connectivity index (χ2v) is 6.07. The molecule has 0 N–H and O–H groups in total. The first-order valence-corrected chi connectivity index (χ1v) is 7.98. The lowest BCUT2D eigenvalue weighted by atomic mass is 9.94. The number of carbonyl (C=O) groups excluding carboxylic acids is 2. The van der Waals surface area contributed by atoms with Gasteiger partial charge >= 0.3 is 0 Å². The zero-order chi connectivity index (χ0) is 15.5. The van der Waals surface area contributed by atoms with Crippen molar-refractivity contribution >= 4 is 11.8 Å². The van der Waals surface area contributed by atoms with E-state index in [1.807, 2.05) is 0 Å². The molecule has 2 amide bonds. The van der Waals surface area contributed by atoms with Crippen LogP contribution in [0.3, 0.4) is 0 Å². The summed E-state index contributed by atoms with van der Waals surface area (Å²) in [5.74, 6) is -0.184. The summed E-state index contributed by atoms with van der Waals surface area (Å²) in [5, 5.41) is 0. The van der Waals surface area contributed by atoms with Gasteiger partial charge in [-0.25, -0.2) is 4.39 Å². The quantitative estimate of drug-likeness (QED) is 0.861. The Morgan fingerprint density at radius 2 is 1.91 bits per heavy atom. The van der Waals surface area contributed by atoms with Gasteiger partial charge in [0, 0.05) is 19.5 Å². The molecule has 3 rings (SSSR count). The predicted molar refractivity (Wildman–Crippen MR) is 80.5 cm³/mol. The Labute approximate surface area is 129 Å². The number of likely N-dealkylation sites (tertiary alicyclic amines) is 2. The molecule has 2 aliphatic rings. The number of halogens is 1. The van der Waals surface area contributed by atoms with Crippen LogP contribution in [-0.4, -0.2) is 41.2 Å². The number of amides is 2. The molecule has 1 aromatic carbocycles. The molecule has 1 atom stereocenters. The van der Waals surface area contributed by atoms with Crippen LogP contribution in [0.2, 0.25) is 0 Å². The average Bonchev–Trinajstić information content (AvgIpc) is 2.65. The van der Waals surface area contributed by atoms with E-state index >= 15 is 0 Å². The molecule has 0 radical (unpaired) electrons. The highest BCUT2D eigenvalue weighted by Gasteiger charge is 2.34. The number of nitrogens with zero attached hydrogens (tertiary/aromatic N) is 2. The number of rotatable bonds is 3. The van der Waals surface area contributed by atoms with Gasteiger partial charge < -0.3 is 9.80 Å². The van der Waals surface area contributed by atoms with Gasteiger partial charge in [-0.1, -0.05) is 18.6 Å². The van der Waals surface area contributed by atoms with Crippen LogP contribution in [0.25, 0.3) is 0 Å². The van der Waals surface area contributed by atoms with Crippen LogP contribution in [0.15, 0.2) is 24.3 Å². The predicted octanol–water partition coefficient (Wildman–Crippen LogP) is 2.50. The van der Waals surface area contributed by atoms with E-state index in [0.717, 1.165) is 31.2 Å². The molecule has 118 valence electrons. The molecule has 0 aromatic heterocycles. The Morgan fingerprint density at radius 1 is 1.14 bits per heavy atom. The maximum Gasteiger partial charge on any atom is 0.242 e. The van der Waals surface area contributed by atoms with Crippen molar-refractivity contribution in [3.63, 3.8) is 0 Å². The largest absolute Gasteiger partial charge is 0.334 e. The lowest BCUT2D eigenvalue weighted by Gasteiger charge is -2.42. The third-order valence-corrected chi connectivity index (χ3v) is 4.59. The molecule has 0 spiro atoms. The minimum atomic E-state index is -0.267. The van der Waals surface area contributed by atoms with Crippen molar-refractivity contribution in [3.8, 4) is 0 Å². The van der Waals surface area contributed by atoms with Crippen molar-refractivity contribution in [2.45, 2.75) is 38.1 Å². The Kier molecular flexibility index (Phi) is 4.41. The first kappa shape index (κ1) is 15.0. The first-order chi connectivity index (χ1) is 10.6. The van der Waals surface area contributed by atoms with Crippen LogP contribution >= 0.6 is 0 Å². The van der Waals surface area contributed by atoms with Crippen molar-refractivity contribution in [3.05, 3.63) is 35.6 Å². The van der Waals surface area contributed by atoms with E-state index in [1.54, 1.807) is 21.9 Å². The van der Waals surface area contributed by atoms with E-state index in [0.29, 0.717) is 19.5 Å². The van der Waals surface area contributed by atoms with E-state index < -0.39 is 0 Å². The zero-order valence-electron chi connectivity index (χ0n) is 12.6. The van der Waals surface area contributed by atoms with Gasteiger partial charge in [0.05, 0.1) is 12.6 Å². The molecule has 22 heavy (non-hydrogen) atoms. The summed E-state index contributed by atoms with van der Waals surface area (Å²) in [4.78, 5) is 27.9. The van der Waals surface area contributed by atoms with Crippen molar-refractivity contribution in [1.29, 1.82) is 0 Å². The van der Waals surface area contributed by atoms with Crippen molar-refractivity contribution in [2.75, 3.05) is 19.6 Å². The zero-order valence-corrected chi connectivity index (χ0v) is 12.6. The first-order valence-electron chi connectivity index (χ1n) is 7.98. The number of hydrogen-bond donors (Lipinski definition) is 0. The summed E-state index contributed by atoms with van der Waals surface area (Å²) in [6, 6.07) is 6.34. The summed E-state index contributed by atoms with van der Waals surface area (Å²) >= 11 is 0. The third kappa shape index (κ3) is 3.13. The summed E-state index contributed by atoms with van der Waals surface area (Å²) in [6.07, 6.45) is 4.39. The second kappa shape index (κ2) is 6.46. The number of carbonyl (C=O) groups is 2. The molecule has 1 aromatic rings. The smallest absolute Gasteiger partial charge is 0.242 e. The van der Waals surface area contributed by atoms with Crippen LogP contribution in [0.4, 0.5) is 4.39 Å². The molecule has 4 nitrogen and oxygen atoms in total. The van der Waals surface area contributed by atoms with Gasteiger partial charge in [-0.15, -0.1) is 0 Å². The molecule has 0 saturated carbocycles. The van der Waals surface area contributed by atoms with Gasteiger partial charge in [0.2, 0.25) is 11.8 Å².